The maximum Gasteiger partial charge on any atom is 0.276 e. The van der Waals surface area contributed by atoms with Crippen molar-refractivity contribution in [1.29, 1.82) is 0 Å². The quantitative estimate of drug-likeness (QED) is 0.438. The number of nitrogens with zero attached hydrogens (tertiary/aromatic N) is 3. The first-order chi connectivity index (χ1) is 14.7. The van der Waals surface area contributed by atoms with Crippen LogP contribution < -0.4 is 10.1 Å². The van der Waals surface area contributed by atoms with E-state index in [4.69, 9.17) is 4.74 Å². The third kappa shape index (κ3) is 4.87. The summed E-state index contributed by atoms with van der Waals surface area (Å²) in [5, 5.41) is 8.27. The lowest BCUT2D eigenvalue weighted by Gasteiger charge is -2.07. The van der Waals surface area contributed by atoms with Gasteiger partial charge in [0.25, 0.3) is 5.91 Å². The van der Waals surface area contributed by atoms with Gasteiger partial charge in [-0.25, -0.2) is 9.67 Å². The summed E-state index contributed by atoms with van der Waals surface area (Å²) in [5.74, 6) is 1.29. The average molecular weight is 417 g/mol. The van der Waals surface area contributed by atoms with Crippen LogP contribution in [0.4, 0.5) is 5.69 Å². The number of carbonyl (C=O) groups excluding carboxylic acids is 1. The predicted octanol–water partition coefficient (Wildman–Crippen LogP) is 4.82. The molecule has 1 N–H and O–H groups in total. The maximum absolute atomic E-state index is 12.6. The molecule has 0 aliphatic rings. The minimum Gasteiger partial charge on any atom is -0.497 e. The van der Waals surface area contributed by atoms with Crippen LogP contribution in [-0.2, 0) is 5.75 Å². The Labute approximate surface area is 178 Å². The van der Waals surface area contributed by atoms with E-state index >= 15 is 0 Å². The van der Waals surface area contributed by atoms with Crippen LogP contribution in [0.15, 0.2) is 90.2 Å². The first-order valence-corrected chi connectivity index (χ1v) is 10.3. The number of rotatable bonds is 7. The van der Waals surface area contributed by atoms with E-state index in [9.17, 15) is 4.79 Å². The van der Waals surface area contributed by atoms with Crippen LogP contribution in [0.2, 0.25) is 0 Å². The van der Waals surface area contributed by atoms with Gasteiger partial charge in [-0.15, -0.1) is 11.8 Å². The summed E-state index contributed by atoms with van der Waals surface area (Å²) in [5.41, 5.74) is 3.04. The molecule has 2 aromatic carbocycles. The third-order valence-corrected chi connectivity index (χ3v) is 5.38. The smallest absolute Gasteiger partial charge is 0.276 e. The second-order valence-electron chi connectivity index (χ2n) is 6.45. The normalized spacial score (nSPS) is 10.6. The number of anilines is 1. The van der Waals surface area contributed by atoms with Gasteiger partial charge in [0.2, 0.25) is 0 Å². The number of thioether (sulfide) groups is 1. The fraction of sp³-hybridized carbons (Fsp3) is 0.0870. The van der Waals surface area contributed by atoms with Gasteiger partial charge in [0.05, 0.1) is 17.8 Å². The zero-order valence-electron chi connectivity index (χ0n) is 16.4. The Morgan fingerprint density at radius 3 is 2.70 bits per heavy atom. The molecule has 0 radical (unpaired) electrons. The van der Waals surface area contributed by atoms with Gasteiger partial charge in [-0.05, 0) is 60.2 Å². The van der Waals surface area contributed by atoms with Crippen molar-refractivity contribution in [3.63, 3.8) is 0 Å². The molecule has 30 heavy (non-hydrogen) atoms. The molecule has 7 heteroatoms. The molecular weight excluding hydrogens is 396 g/mol. The van der Waals surface area contributed by atoms with Gasteiger partial charge in [-0.1, -0.05) is 18.2 Å². The SMILES string of the molecule is COc1ccc(-n2ccc(C(=O)Nc3cccc(CSc4ccccn4)c3)n2)cc1. The number of hydrogen-bond donors (Lipinski definition) is 1. The van der Waals surface area contributed by atoms with Gasteiger partial charge in [0.15, 0.2) is 5.69 Å². The Morgan fingerprint density at radius 2 is 1.93 bits per heavy atom. The second-order valence-corrected chi connectivity index (χ2v) is 7.45. The largest absolute Gasteiger partial charge is 0.497 e. The third-order valence-electron chi connectivity index (χ3n) is 4.37. The molecule has 0 spiro atoms. The first-order valence-electron chi connectivity index (χ1n) is 9.35. The molecule has 0 aliphatic heterocycles. The van der Waals surface area contributed by atoms with E-state index in [0.29, 0.717) is 5.69 Å². The van der Waals surface area contributed by atoms with E-state index in [1.165, 1.54) is 0 Å². The lowest BCUT2D eigenvalue weighted by molar-refractivity contribution is 0.102. The number of carbonyl (C=O) groups is 1. The predicted molar refractivity (Wildman–Crippen MR) is 118 cm³/mol. The lowest BCUT2D eigenvalue weighted by atomic mass is 10.2. The molecule has 150 valence electrons. The van der Waals surface area contributed by atoms with Crippen molar-refractivity contribution in [2.24, 2.45) is 0 Å². The molecule has 0 atom stereocenters. The van der Waals surface area contributed by atoms with Crippen molar-refractivity contribution in [2.75, 3.05) is 12.4 Å². The van der Waals surface area contributed by atoms with E-state index in [2.05, 4.69) is 15.4 Å². The molecule has 0 aliphatic carbocycles. The molecule has 0 fully saturated rings. The molecule has 6 nitrogen and oxygen atoms in total. The molecule has 1 amide bonds. The highest BCUT2D eigenvalue weighted by molar-refractivity contribution is 7.98. The number of ether oxygens (including phenoxy) is 1. The fourth-order valence-corrected chi connectivity index (χ4v) is 3.65. The van der Waals surface area contributed by atoms with Crippen LogP contribution >= 0.6 is 11.8 Å². The van der Waals surface area contributed by atoms with Gasteiger partial charge in [-0.3, -0.25) is 4.79 Å². The highest BCUT2D eigenvalue weighted by atomic mass is 32.2. The van der Waals surface area contributed by atoms with Gasteiger partial charge >= 0.3 is 0 Å². The monoisotopic (exact) mass is 416 g/mol. The van der Waals surface area contributed by atoms with Gasteiger partial charge in [0.1, 0.15) is 5.75 Å². The Bertz CT molecular complexity index is 1130. The number of pyridine rings is 1. The summed E-state index contributed by atoms with van der Waals surface area (Å²) in [7, 11) is 1.62. The fourth-order valence-electron chi connectivity index (χ4n) is 2.85. The van der Waals surface area contributed by atoms with Crippen molar-refractivity contribution in [3.05, 3.63) is 96.4 Å². The van der Waals surface area contributed by atoms with Crippen LogP contribution in [0.25, 0.3) is 5.69 Å². The van der Waals surface area contributed by atoms with Crippen LogP contribution in [-0.4, -0.2) is 27.8 Å². The number of hydrogen-bond acceptors (Lipinski definition) is 5. The molecule has 2 heterocycles. The summed E-state index contributed by atoms with van der Waals surface area (Å²) in [6, 6.07) is 22.8. The number of benzene rings is 2. The zero-order valence-corrected chi connectivity index (χ0v) is 17.2. The number of aromatic nitrogens is 3. The number of methoxy groups -OCH3 is 1. The highest BCUT2D eigenvalue weighted by Crippen LogP contribution is 2.22. The average Bonchev–Trinajstić information content (AvgIpc) is 3.29. The van der Waals surface area contributed by atoms with E-state index in [1.807, 2.05) is 66.7 Å². The maximum atomic E-state index is 12.6. The Kier molecular flexibility index (Phi) is 6.10. The molecule has 4 rings (SSSR count). The van der Waals surface area contributed by atoms with Crippen LogP contribution in [0.3, 0.4) is 0 Å². The minimum absolute atomic E-state index is 0.253. The molecule has 0 saturated heterocycles. The standard InChI is InChI=1S/C23H20N4O2S/c1-29-20-10-8-19(9-11-20)27-14-12-21(26-27)23(28)25-18-6-4-5-17(15-18)16-30-22-7-2-3-13-24-22/h2-15H,16H2,1H3,(H,25,28). The van der Waals surface area contributed by atoms with E-state index in [0.717, 1.165) is 33.5 Å². The Hall–Kier alpha value is -3.58. The van der Waals surface area contributed by atoms with Crippen LogP contribution in [0.5, 0.6) is 5.75 Å². The molecule has 0 bridgehead atoms. The van der Waals surface area contributed by atoms with Crippen molar-refractivity contribution in [1.82, 2.24) is 14.8 Å². The van der Waals surface area contributed by atoms with Crippen LogP contribution in [0, 0.1) is 0 Å². The molecule has 0 unspecified atom stereocenters. The zero-order chi connectivity index (χ0) is 20.8. The molecular formula is C23H20N4O2S. The Morgan fingerprint density at radius 1 is 1.07 bits per heavy atom. The first kappa shape index (κ1) is 19.7. The molecule has 4 aromatic rings. The molecule has 0 saturated carbocycles. The van der Waals surface area contributed by atoms with Crippen molar-refractivity contribution in [3.8, 4) is 11.4 Å². The minimum atomic E-state index is -0.253. The van der Waals surface area contributed by atoms with Gasteiger partial charge < -0.3 is 10.1 Å². The second kappa shape index (κ2) is 9.28. The summed E-state index contributed by atoms with van der Waals surface area (Å²) in [6.07, 6.45) is 3.54. The topological polar surface area (TPSA) is 69.0 Å². The van der Waals surface area contributed by atoms with E-state index in [-0.39, 0.29) is 5.91 Å². The highest BCUT2D eigenvalue weighted by Gasteiger charge is 2.11. The van der Waals surface area contributed by atoms with E-state index in [1.54, 1.807) is 42.0 Å². The lowest BCUT2D eigenvalue weighted by Crippen LogP contribution is -2.13. The van der Waals surface area contributed by atoms with Crippen LogP contribution in [0.1, 0.15) is 16.1 Å². The van der Waals surface area contributed by atoms with Gasteiger partial charge in [0, 0.05) is 23.8 Å². The van der Waals surface area contributed by atoms with Crippen molar-refractivity contribution in [2.45, 2.75) is 10.8 Å². The Balaban J connectivity index is 1.40. The van der Waals surface area contributed by atoms with E-state index < -0.39 is 0 Å². The molecule has 2 aromatic heterocycles. The summed E-state index contributed by atoms with van der Waals surface area (Å²) in [6.45, 7) is 0. The van der Waals surface area contributed by atoms with Crippen molar-refractivity contribution < 1.29 is 9.53 Å². The number of amides is 1. The number of nitrogens with one attached hydrogen (secondary N) is 1. The summed E-state index contributed by atoms with van der Waals surface area (Å²) >= 11 is 1.65. The summed E-state index contributed by atoms with van der Waals surface area (Å²) < 4.78 is 6.83. The summed E-state index contributed by atoms with van der Waals surface area (Å²) in [4.78, 5) is 16.9. The van der Waals surface area contributed by atoms with Gasteiger partial charge in [-0.2, -0.15) is 5.10 Å². The van der Waals surface area contributed by atoms with Crippen molar-refractivity contribution >= 4 is 23.4 Å².